The van der Waals surface area contributed by atoms with E-state index in [0.29, 0.717) is 19.4 Å². The summed E-state index contributed by atoms with van der Waals surface area (Å²) in [6, 6.07) is 4.67. The molecule has 0 saturated carbocycles. The Labute approximate surface area is 118 Å². The highest BCUT2D eigenvalue weighted by Gasteiger charge is 2.36. The number of aliphatic hydroxyl groups excluding tert-OH is 1. The molecule has 0 aromatic carbocycles. The first-order chi connectivity index (χ1) is 9.61. The zero-order valence-electron chi connectivity index (χ0n) is 11.1. The van der Waals surface area contributed by atoms with Crippen molar-refractivity contribution in [1.82, 2.24) is 9.29 Å². The number of sulfonamides is 1. The summed E-state index contributed by atoms with van der Waals surface area (Å²) < 4.78 is 26.8. The van der Waals surface area contributed by atoms with Crippen molar-refractivity contribution >= 4 is 10.0 Å². The van der Waals surface area contributed by atoms with Crippen molar-refractivity contribution in [2.24, 2.45) is 0 Å². The number of hydrogen-bond acceptors (Lipinski definition) is 5. The van der Waals surface area contributed by atoms with Crippen LogP contribution in [0, 0.1) is 11.3 Å². The summed E-state index contributed by atoms with van der Waals surface area (Å²) >= 11 is 0. The molecule has 2 rings (SSSR count). The standard InChI is InChI=1S/C13H17N3O3S/c14-10-12-13(6-1-7-15-12)20(18,19)16-8-2-4-11(16)5-3-9-17/h1,6-7,11,17H,2-5,8-9H2. The summed E-state index contributed by atoms with van der Waals surface area (Å²) in [6.45, 7) is 0.513. The molecule has 0 spiro atoms. The van der Waals surface area contributed by atoms with Crippen LogP contribution in [0.2, 0.25) is 0 Å². The average Bonchev–Trinajstić information content (AvgIpc) is 2.94. The average molecular weight is 295 g/mol. The topological polar surface area (TPSA) is 94.3 Å². The monoisotopic (exact) mass is 295 g/mol. The van der Waals surface area contributed by atoms with Crippen molar-refractivity contribution in [3.05, 3.63) is 24.0 Å². The van der Waals surface area contributed by atoms with Gasteiger partial charge in [-0.1, -0.05) is 0 Å². The first kappa shape index (κ1) is 14.9. The van der Waals surface area contributed by atoms with Crippen LogP contribution >= 0.6 is 0 Å². The maximum Gasteiger partial charge on any atom is 0.246 e. The van der Waals surface area contributed by atoms with Gasteiger partial charge in [-0.15, -0.1) is 0 Å². The van der Waals surface area contributed by atoms with Gasteiger partial charge in [0.1, 0.15) is 11.0 Å². The van der Waals surface area contributed by atoms with Gasteiger partial charge in [0.25, 0.3) is 0 Å². The van der Waals surface area contributed by atoms with Crippen LogP contribution in [0.4, 0.5) is 0 Å². The molecule has 1 saturated heterocycles. The normalized spacial score (nSPS) is 19.9. The van der Waals surface area contributed by atoms with E-state index in [9.17, 15) is 8.42 Å². The van der Waals surface area contributed by atoms with Crippen molar-refractivity contribution in [3.8, 4) is 6.07 Å². The van der Waals surface area contributed by atoms with Crippen LogP contribution in [-0.2, 0) is 10.0 Å². The molecule has 20 heavy (non-hydrogen) atoms. The van der Waals surface area contributed by atoms with Crippen LogP contribution in [0.25, 0.3) is 0 Å². The minimum Gasteiger partial charge on any atom is -0.396 e. The zero-order valence-corrected chi connectivity index (χ0v) is 11.9. The fourth-order valence-electron chi connectivity index (χ4n) is 2.55. The van der Waals surface area contributed by atoms with Gasteiger partial charge in [-0.2, -0.15) is 9.57 Å². The lowest BCUT2D eigenvalue weighted by Gasteiger charge is -2.24. The molecule has 1 N–H and O–H groups in total. The summed E-state index contributed by atoms with van der Waals surface area (Å²) in [4.78, 5) is 3.79. The molecule has 1 aliphatic rings. The molecular formula is C13H17N3O3S. The number of nitriles is 1. The zero-order chi connectivity index (χ0) is 14.6. The van der Waals surface area contributed by atoms with Crippen LogP contribution in [0.15, 0.2) is 23.2 Å². The van der Waals surface area contributed by atoms with E-state index in [2.05, 4.69) is 4.98 Å². The van der Waals surface area contributed by atoms with Gasteiger partial charge in [0, 0.05) is 25.4 Å². The highest BCUT2D eigenvalue weighted by Crippen LogP contribution is 2.29. The van der Waals surface area contributed by atoms with Crippen molar-refractivity contribution in [3.63, 3.8) is 0 Å². The fraction of sp³-hybridized carbons (Fsp3) is 0.538. The van der Waals surface area contributed by atoms with Crippen molar-refractivity contribution < 1.29 is 13.5 Å². The molecule has 1 unspecified atom stereocenters. The second-order valence-electron chi connectivity index (χ2n) is 4.74. The van der Waals surface area contributed by atoms with Gasteiger partial charge in [0.2, 0.25) is 10.0 Å². The molecule has 0 bridgehead atoms. The van der Waals surface area contributed by atoms with Crippen molar-refractivity contribution in [1.29, 1.82) is 5.26 Å². The van der Waals surface area contributed by atoms with Crippen LogP contribution < -0.4 is 0 Å². The van der Waals surface area contributed by atoms with E-state index < -0.39 is 10.0 Å². The molecule has 1 atom stereocenters. The van der Waals surface area contributed by atoms with E-state index in [0.717, 1.165) is 12.8 Å². The Hall–Kier alpha value is -1.49. The Balaban J connectivity index is 2.32. The first-order valence-electron chi connectivity index (χ1n) is 6.59. The number of hydrogen-bond donors (Lipinski definition) is 1. The lowest BCUT2D eigenvalue weighted by Crippen LogP contribution is -2.36. The van der Waals surface area contributed by atoms with Crippen molar-refractivity contribution in [2.45, 2.75) is 36.6 Å². The van der Waals surface area contributed by atoms with Gasteiger partial charge in [-0.05, 0) is 37.8 Å². The van der Waals surface area contributed by atoms with Gasteiger partial charge in [-0.25, -0.2) is 13.4 Å². The lowest BCUT2D eigenvalue weighted by atomic mass is 10.1. The van der Waals surface area contributed by atoms with Gasteiger partial charge >= 0.3 is 0 Å². The van der Waals surface area contributed by atoms with E-state index in [1.807, 2.05) is 6.07 Å². The number of aromatic nitrogens is 1. The highest BCUT2D eigenvalue weighted by molar-refractivity contribution is 7.89. The molecule has 108 valence electrons. The first-order valence-corrected chi connectivity index (χ1v) is 8.03. The number of rotatable bonds is 5. The van der Waals surface area contributed by atoms with E-state index in [4.69, 9.17) is 10.4 Å². The molecule has 0 radical (unpaired) electrons. The third-order valence-corrected chi connectivity index (χ3v) is 5.47. The maximum absolute atomic E-state index is 12.7. The van der Waals surface area contributed by atoms with Crippen LogP contribution in [0.1, 0.15) is 31.4 Å². The summed E-state index contributed by atoms with van der Waals surface area (Å²) in [5.41, 5.74) is -0.0692. The summed E-state index contributed by atoms with van der Waals surface area (Å²) in [6.07, 6.45) is 4.22. The molecule has 0 amide bonds. The minimum atomic E-state index is -3.69. The third-order valence-electron chi connectivity index (χ3n) is 3.48. The molecule has 2 heterocycles. The Bertz CT molecular complexity index is 610. The Kier molecular flexibility index (Phi) is 4.70. The van der Waals surface area contributed by atoms with E-state index in [1.54, 1.807) is 0 Å². The summed E-state index contributed by atoms with van der Waals surface area (Å²) in [5, 5.41) is 17.9. The smallest absolute Gasteiger partial charge is 0.246 e. The van der Waals surface area contributed by atoms with E-state index >= 15 is 0 Å². The molecule has 6 nitrogen and oxygen atoms in total. The largest absolute Gasteiger partial charge is 0.396 e. The molecule has 7 heteroatoms. The van der Waals surface area contributed by atoms with Gasteiger partial charge < -0.3 is 5.11 Å². The molecule has 1 aliphatic heterocycles. The van der Waals surface area contributed by atoms with Crippen LogP contribution in [-0.4, -0.2) is 42.0 Å². The van der Waals surface area contributed by atoms with Crippen LogP contribution in [0.3, 0.4) is 0 Å². The Morgan fingerprint density at radius 1 is 1.55 bits per heavy atom. The molecule has 1 aromatic rings. The third kappa shape index (κ3) is 2.82. The maximum atomic E-state index is 12.7. The minimum absolute atomic E-state index is 0.0293. The van der Waals surface area contributed by atoms with Crippen molar-refractivity contribution in [2.75, 3.05) is 13.2 Å². The number of aliphatic hydroxyl groups is 1. The van der Waals surface area contributed by atoms with E-state index in [-0.39, 0.29) is 23.2 Å². The SMILES string of the molecule is N#Cc1ncccc1S(=O)(=O)N1CCCC1CCCO. The molecule has 0 aliphatic carbocycles. The summed E-state index contributed by atoms with van der Waals surface area (Å²) in [5.74, 6) is 0. The molecular weight excluding hydrogens is 278 g/mol. The number of nitrogens with zero attached hydrogens (tertiary/aromatic N) is 3. The Morgan fingerprint density at radius 3 is 3.05 bits per heavy atom. The lowest BCUT2D eigenvalue weighted by molar-refractivity contribution is 0.264. The second-order valence-corrected chi connectivity index (χ2v) is 6.60. The number of pyridine rings is 1. The predicted molar refractivity (Wildman–Crippen MR) is 72.2 cm³/mol. The quantitative estimate of drug-likeness (QED) is 0.870. The van der Waals surface area contributed by atoms with E-state index in [1.165, 1.54) is 22.6 Å². The van der Waals surface area contributed by atoms with Gasteiger partial charge in [0.15, 0.2) is 5.69 Å². The summed E-state index contributed by atoms with van der Waals surface area (Å²) in [7, 11) is -3.69. The molecule has 1 fully saturated rings. The Morgan fingerprint density at radius 2 is 2.35 bits per heavy atom. The fourth-order valence-corrected chi connectivity index (χ4v) is 4.37. The predicted octanol–water partition coefficient (Wildman–Crippen LogP) is 0.879. The van der Waals surface area contributed by atoms with Crippen LogP contribution in [0.5, 0.6) is 0 Å². The second kappa shape index (κ2) is 6.31. The van der Waals surface area contributed by atoms with Gasteiger partial charge in [0.05, 0.1) is 0 Å². The molecule has 1 aromatic heterocycles. The highest BCUT2D eigenvalue weighted by atomic mass is 32.2. The van der Waals surface area contributed by atoms with Gasteiger partial charge in [-0.3, -0.25) is 0 Å².